The molecule has 0 radical (unpaired) electrons. The van der Waals surface area contributed by atoms with E-state index < -0.39 is 0 Å². The van der Waals surface area contributed by atoms with E-state index in [1.165, 1.54) is 18.2 Å². The van der Waals surface area contributed by atoms with Crippen LogP contribution in [0.25, 0.3) is 0 Å². The molecule has 0 bridgehead atoms. The first kappa shape index (κ1) is 14.7. The number of hydrogen-bond donors (Lipinski definition) is 3. The van der Waals surface area contributed by atoms with Crippen LogP contribution >= 0.6 is 0 Å². The maximum atomic E-state index is 12.6. The number of carbonyl (C=O) groups is 1. The van der Waals surface area contributed by atoms with Crippen molar-refractivity contribution in [2.45, 2.75) is 38.1 Å². The van der Waals surface area contributed by atoms with Crippen molar-refractivity contribution in [3.8, 4) is 11.5 Å². The van der Waals surface area contributed by atoms with Gasteiger partial charge in [0.15, 0.2) is 0 Å². The quantitative estimate of drug-likeness (QED) is 0.767. The molecule has 1 aromatic rings. The molecule has 2 rings (SSSR count). The highest BCUT2D eigenvalue weighted by atomic mass is 16.3. The molecule has 0 atom stereocenters. The third-order valence-corrected chi connectivity index (χ3v) is 3.78. The number of nitrogens with two attached hydrogens (primary N) is 1. The van der Waals surface area contributed by atoms with Crippen LogP contribution in [-0.2, 0) is 0 Å². The first-order valence-electron chi connectivity index (χ1n) is 7.16. The first-order chi connectivity index (χ1) is 9.61. The van der Waals surface area contributed by atoms with E-state index in [1.807, 2.05) is 4.90 Å². The number of nitrogens with zero attached hydrogens (tertiary/aromatic N) is 1. The summed E-state index contributed by atoms with van der Waals surface area (Å²) in [5, 5.41) is 19.0. The second-order valence-electron chi connectivity index (χ2n) is 5.32. The molecule has 1 fully saturated rings. The smallest absolute Gasteiger partial charge is 0.254 e. The summed E-state index contributed by atoms with van der Waals surface area (Å²) >= 11 is 0. The summed E-state index contributed by atoms with van der Waals surface area (Å²) in [6.07, 6.45) is 5.07. The highest BCUT2D eigenvalue weighted by Gasteiger charge is 2.27. The maximum Gasteiger partial charge on any atom is 0.254 e. The Morgan fingerprint density at radius 3 is 2.35 bits per heavy atom. The Hall–Kier alpha value is -1.75. The minimum Gasteiger partial charge on any atom is -0.508 e. The molecule has 20 heavy (non-hydrogen) atoms. The summed E-state index contributed by atoms with van der Waals surface area (Å²) in [5.74, 6) is -0.339. The highest BCUT2D eigenvalue weighted by Crippen LogP contribution is 2.27. The molecule has 0 saturated heterocycles. The lowest BCUT2D eigenvalue weighted by molar-refractivity contribution is 0.0679. The third kappa shape index (κ3) is 3.42. The second-order valence-corrected chi connectivity index (χ2v) is 5.32. The van der Waals surface area contributed by atoms with Crippen molar-refractivity contribution in [2.24, 2.45) is 5.73 Å². The van der Waals surface area contributed by atoms with Gasteiger partial charge in [-0.25, -0.2) is 0 Å². The lowest BCUT2D eigenvalue weighted by Gasteiger charge is -2.29. The molecular formula is C15H22N2O3. The van der Waals surface area contributed by atoms with E-state index in [0.29, 0.717) is 18.7 Å². The molecule has 1 amide bonds. The number of phenolic OH excluding ortho intramolecular Hbond substituents is 2. The van der Waals surface area contributed by atoms with Crippen LogP contribution in [0.3, 0.4) is 0 Å². The van der Waals surface area contributed by atoms with E-state index in [-0.39, 0.29) is 23.4 Å². The molecule has 1 aliphatic rings. The molecule has 0 aromatic heterocycles. The largest absolute Gasteiger partial charge is 0.508 e. The third-order valence-electron chi connectivity index (χ3n) is 3.78. The van der Waals surface area contributed by atoms with E-state index in [0.717, 1.165) is 32.1 Å². The zero-order chi connectivity index (χ0) is 14.5. The van der Waals surface area contributed by atoms with Crippen molar-refractivity contribution in [3.05, 3.63) is 23.8 Å². The Balaban J connectivity index is 2.19. The highest BCUT2D eigenvalue weighted by molar-refractivity contribution is 5.95. The van der Waals surface area contributed by atoms with Crippen molar-refractivity contribution in [1.82, 2.24) is 4.90 Å². The fraction of sp³-hybridized carbons (Fsp3) is 0.533. The topological polar surface area (TPSA) is 86.8 Å². The van der Waals surface area contributed by atoms with Gasteiger partial charge in [0.2, 0.25) is 0 Å². The van der Waals surface area contributed by atoms with Gasteiger partial charge >= 0.3 is 0 Å². The summed E-state index contributed by atoms with van der Waals surface area (Å²) in [6.45, 7) is 1.16. The van der Waals surface area contributed by atoms with Crippen molar-refractivity contribution < 1.29 is 15.0 Å². The fourth-order valence-electron chi connectivity index (χ4n) is 2.81. The van der Waals surface area contributed by atoms with Crippen LogP contribution in [0.2, 0.25) is 0 Å². The molecule has 1 aromatic carbocycles. The van der Waals surface area contributed by atoms with Crippen LogP contribution in [0.5, 0.6) is 11.5 Å². The monoisotopic (exact) mass is 278 g/mol. The number of carbonyl (C=O) groups excluding carboxylic acids is 1. The molecule has 0 heterocycles. The van der Waals surface area contributed by atoms with Crippen LogP contribution < -0.4 is 5.73 Å². The number of hydrogen-bond acceptors (Lipinski definition) is 4. The maximum absolute atomic E-state index is 12.6. The van der Waals surface area contributed by atoms with E-state index in [1.54, 1.807) is 0 Å². The number of benzene rings is 1. The lowest BCUT2D eigenvalue weighted by atomic mass is 10.1. The Labute approximate surface area is 119 Å². The standard InChI is InChI=1S/C15H22N2O3/c16-6-3-7-17(12-4-1-2-5-12)15(20)11-8-13(18)10-14(19)9-11/h8-10,12,18-19H,1-7,16H2. The Kier molecular flexibility index (Phi) is 4.84. The summed E-state index contributed by atoms with van der Waals surface area (Å²) < 4.78 is 0. The summed E-state index contributed by atoms with van der Waals surface area (Å²) in [7, 11) is 0. The zero-order valence-corrected chi connectivity index (χ0v) is 11.6. The first-order valence-corrected chi connectivity index (χ1v) is 7.16. The molecule has 1 saturated carbocycles. The van der Waals surface area contributed by atoms with Crippen molar-refractivity contribution in [2.75, 3.05) is 13.1 Å². The molecule has 0 aliphatic heterocycles. The van der Waals surface area contributed by atoms with Gasteiger partial charge in [-0.15, -0.1) is 0 Å². The van der Waals surface area contributed by atoms with Crippen LogP contribution in [-0.4, -0.2) is 40.2 Å². The van der Waals surface area contributed by atoms with Crippen molar-refractivity contribution in [3.63, 3.8) is 0 Å². The number of phenols is 2. The zero-order valence-electron chi connectivity index (χ0n) is 11.6. The Morgan fingerprint density at radius 2 is 1.80 bits per heavy atom. The van der Waals surface area contributed by atoms with Gasteiger partial charge in [0, 0.05) is 24.2 Å². The van der Waals surface area contributed by atoms with E-state index in [9.17, 15) is 15.0 Å². The molecule has 0 unspecified atom stereocenters. The molecular weight excluding hydrogens is 256 g/mol. The predicted molar refractivity (Wildman–Crippen MR) is 76.7 cm³/mol. The lowest BCUT2D eigenvalue weighted by Crippen LogP contribution is -2.40. The van der Waals surface area contributed by atoms with Crippen LogP contribution in [0.1, 0.15) is 42.5 Å². The summed E-state index contributed by atoms with van der Waals surface area (Å²) in [5.41, 5.74) is 5.87. The normalized spacial score (nSPS) is 15.4. The van der Waals surface area contributed by atoms with Gasteiger partial charge in [-0.1, -0.05) is 12.8 Å². The minimum atomic E-state index is -0.142. The van der Waals surface area contributed by atoms with Gasteiger partial charge < -0.3 is 20.8 Å². The second kappa shape index (κ2) is 6.61. The summed E-state index contributed by atoms with van der Waals surface area (Å²) in [6, 6.07) is 4.26. The van der Waals surface area contributed by atoms with Crippen LogP contribution in [0, 0.1) is 0 Å². The SMILES string of the molecule is NCCCN(C(=O)c1cc(O)cc(O)c1)C1CCCC1. The molecule has 110 valence electrons. The Morgan fingerprint density at radius 1 is 1.20 bits per heavy atom. The molecule has 4 N–H and O–H groups in total. The fourth-order valence-corrected chi connectivity index (χ4v) is 2.81. The van der Waals surface area contributed by atoms with E-state index in [4.69, 9.17) is 5.73 Å². The number of amides is 1. The molecule has 5 heteroatoms. The molecule has 1 aliphatic carbocycles. The van der Waals surface area contributed by atoms with Gasteiger partial charge in [-0.05, 0) is 37.9 Å². The average molecular weight is 278 g/mol. The van der Waals surface area contributed by atoms with Crippen LogP contribution in [0.15, 0.2) is 18.2 Å². The van der Waals surface area contributed by atoms with E-state index in [2.05, 4.69) is 0 Å². The number of rotatable bonds is 5. The van der Waals surface area contributed by atoms with Gasteiger partial charge in [0.1, 0.15) is 11.5 Å². The molecule has 5 nitrogen and oxygen atoms in total. The van der Waals surface area contributed by atoms with E-state index >= 15 is 0 Å². The minimum absolute atomic E-state index is 0.0986. The van der Waals surface area contributed by atoms with Crippen LogP contribution in [0.4, 0.5) is 0 Å². The van der Waals surface area contributed by atoms with Gasteiger partial charge in [0.25, 0.3) is 5.91 Å². The van der Waals surface area contributed by atoms with Gasteiger partial charge in [0.05, 0.1) is 0 Å². The average Bonchev–Trinajstić information content (AvgIpc) is 2.91. The van der Waals surface area contributed by atoms with Gasteiger partial charge in [-0.2, -0.15) is 0 Å². The van der Waals surface area contributed by atoms with Crippen molar-refractivity contribution >= 4 is 5.91 Å². The van der Waals surface area contributed by atoms with Crippen molar-refractivity contribution in [1.29, 1.82) is 0 Å². The predicted octanol–water partition coefficient (Wildman–Crippen LogP) is 1.83. The van der Waals surface area contributed by atoms with Gasteiger partial charge in [-0.3, -0.25) is 4.79 Å². The summed E-state index contributed by atoms with van der Waals surface area (Å²) in [4.78, 5) is 14.4. The number of aromatic hydroxyl groups is 2. The Bertz CT molecular complexity index is 450. The molecule has 0 spiro atoms.